The van der Waals surface area contributed by atoms with Gasteiger partial charge in [0, 0.05) is 12.3 Å². The molecule has 4 nitrogen and oxygen atoms in total. The molecule has 0 aliphatic heterocycles. The van der Waals surface area contributed by atoms with E-state index in [4.69, 9.17) is 0 Å². The van der Waals surface area contributed by atoms with Gasteiger partial charge in [0.05, 0.1) is 11.4 Å². The molecule has 1 aromatic carbocycles. The van der Waals surface area contributed by atoms with Gasteiger partial charge in [-0.05, 0) is 37.5 Å². The van der Waals surface area contributed by atoms with Gasteiger partial charge in [0.2, 0.25) is 11.8 Å². The van der Waals surface area contributed by atoms with Crippen molar-refractivity contribution in [1.29, 1.82) is 0 Å². The van der Waals surface area contributed by atoms with Gasteiger partial charge in [0.1, 0.15) is 0 Å². The molecule has 0 aromatic heterocycles. The normalized spacial score (nSPS) is 15.9. The van der Waals surface area contributed by atoms with Gasteiger partial charge >= 0.3 is 0 Å². The molecule has 2 N–H and O–H groups in total. The second kappa shape index (κ2) is 4.44. The van der Waals surface area contributed by atoms with Crippen LogP contribution in [-0.2, 0) is 9.59 Å². The molecular formula is C14H18N2O2. The van der Waals surface area contributed by atoms with E-state index in [9.17, 15) is 9.59 Å². The number of rotatable bonds is 3. The van der Waals surface area contributed by atoms with E-state index in [-0.39, 0.29) is 17.2 Å². The zero-order valence-corrected chi connectivity index (χ0v) is 11.0. The Labute approximate surface area is 107 Å². The number of benzene rings is 1. The molecule has 96 valence electrons. The van der Waals surface area contributed by atoms with Crippen molar-refractivity contribution in [3.8, 4) is 0 Å². The first-order valence-corrected chi connectivity index (χ1v) is 6.10. The largest absolute Gasteiger partial charge is 0.325 e. The number of carbonyl (C=O) groups is 2. The van der Waals surface area contributed by atoms with E-state index in [1.165, 1.54) is 6.92 Å². The summed E-state index contributed by atoms with van der Waals surface area (Å²) in [5.41, 5.74) is 2.13. The molecule has 0 unspecified atom stereocenters. The molecule has 0 atom stereocenters. The Balaban J connectivity index is 2.21. The summed E-state index contributed by atoms with van der Waals surface area (Å²) in [7, 11) is 0. The predicted octanol–water partition coefficient (Wildman–Crippen LogP) is 2.69. The van der Waals surface area contributed by atoms with Crippen LogP contribution in [0.5, 0.6) is 0 Å². The van der Waals surface area contributed by atoms with Crippen molar-refractivity contribution in [1.82, 2.24) is 0 Å². The summed E-state index contributed by atoms with van der Waals surface area (Å²) in [4.78, 5) is 23.1. The second-order valence-electron chi connectivity index (χ2n) is 5.25. The van der Waals surface area contributed by atoms with Crippen molar-refractivity contribution in [2.45, 2.75) is 33.6 Å². The molecule has 1 saturated carbocycles. The summed E-state index contributed by atoms with van der Waals surface area (Å²) < 4.78 is 0. The highest BCUT2D eigenvalue weighted by molar-refractivity contribution is 6.02. The maximum absolute atomic E-state index is 12.0. The van der Waals surface area contributed by atoms with Crippen LogP contribution < -0.4 is 10.6 Å². The quantitative estimate of drug-likeness (QED) is 0.861. The van der Waals surface area contributed by atoms with E-state index in [0.29, 0.717) is 11.4 Å². The second-order valence-corrected chi connectivity index (χ2v) is 5.25. The zero-order chi connectivity index (χ0) is 13.3. The molecule has 1 aromatic rings. The van der Waals surface area contributed by atoms with Crippen LogP contribution in [0.3, 0.4) is 0 Å². The Bertz CT molecular complexity index is 505. The molecule has 1 fully saturated rings. The predicted molar refractivity (Wildman–Crippen MR) is 71.5 cm³/mol. The van der Waals surface area contributed by atoms with Crippen LogP contribution >= 0.6 is 0 Å². The summed E-state index contributed by atoms with van der Waals surface area (Å²) >= 11 is 0. The van der Waals surface area contributed by atoms with E-state index in [2.05, 4.69) is 10.6 Å². The van der Waals surface area contributed by atoms with Crippen molar-refractivity contribution in [2.75, 3.05) is 10.6 Å². The molecule has 2 rings (SSSR count). The molecule has 1 aliphatic carbocycles. The Kier molecular flexibility index (Phi) is 3.11. The Morgan fingerprint density at radius 3 is 2.39 bits per heavy atom. The fraction of sp³-hybridized carbons (Fsp3) is 0.429. The molecule has 0 saturated heterocycles. The number of hydrogen-bond donors (Lipinski definition) is 2. The van der Waals surface area contributed by atoms with Gasteiger partial charge in [0.15, 0.2) is 0 Å². The fourth-order valence-electron chi connectivity index (χ4n) is 1.75. The lowest BCUT2D eigenvalue weighted by molar-refractivity contribution is -0.120. The van der Waals surface area contributed by atoms with Crippen LogP contribution in [0.25, 0.3) is 0 Å². The van der Waals surface area contributed by atoms with E-state index >= 15 is 0 Å². The summed E-state index contributed by atoms with van der Waals surface area (Å²) in [5.74, 6) is -0.119. The van der Waals surface area contributed by atoms with Gasteiger partial charge < -0.3 is 10.6 Å². The maximum atomic E-state index is 12.0. The van der Waals surface area contributed by atoms with Gasteiger partial charge in [-0.1, -0.05) is 13.0 Å². The van der Waals surface area contributed by atoms with Crippen LogP contribution in [0.4, 0.5) is 11.4 Å². The molecule has 0 spiro atoms. The monoisotopic (exact) mass is 246 g/mol. The Morgan fingerprint density at radius 1 is 1.17 bits per heavy atom. The van der Waals surface area contributed by atoms with Crippen molar-refractivity contribution >= 4 is 23.2 Å². The van der Waals surface area contributed by atoms with Gasteiger partial charge in [-0.15, -0.1) is 0 Å². The van der Waals surface area contributed by atoms with Crippen molar-refractivity contribution in [2.24, 2.45) is 5.41 Å². The average molecular weight is 246 g/mol. The molecule has 1 aliphatic rings. The number of amides is 2. The Hall–Kier alpha value is -1.84. The van der Waals surface area contributed by atoms with E-state index in [0.717, 1.165) is 18.4 Å². The first-order valence-electron chi connectivity index (χ1n) is 6.10. The lowest BCUT2D eigenvalue weighted by Gasteiger charge is -2.14. The Morgan fingerprint density at radius 2 is 1.83 bits per heavy atom. The van der Waals surface area contributed by atoms with Crippen LogP contribution in [0.15, 0.2) is 18.2 Å². The molecule has 0 heterocycles. The highest BCUT2D eigenvalue weighted by Gasteiger charge is 2.44. The van der Waals surface area contributed by atoms with Crippen LogP contribution in [0.1, 0.15) is 32.3 Å². The van der Waals surface area contributed by atoms with E-state index < -0.39 is 0 Å². The van der Waals surface area contributed by atoms with Gasteiger partial charge in [-0.2, -0.15) is 0 Å². The molecule has 4 heteroatoms. The standard InChI is InChI=1S/C14H18N2O2/c1-9-4-5-11(15-10(2)17)12(8-9)16-13(18)14(3)6-7-14/h4-5,8H,6-7H2,1-3H3,(H,15,17)(H,16,18). The lowest BCUT2D eigenvalue weighted by atomic mass is 10.1. The molecule has 0 radical (unpaired) electrons. The summed E-state index contributed by atoms with van der Waals surface area (Å²) in [6, 6.07) is 5.58. The minimum absolute atomic E-state index is 0.0275. The van der Waals surface area contributed by atoms with Crippen LogP contribution in [0, 0.1) is 12.3 Å². The fourth-order valence-corrected chi connectivity index (χ4v) is 1.75. The minimum atomic E-state index is -0.225. The summed E-state index contributed by atoms with van der Waals surface area (Å²) in [6.07, 6.45) is 1.86. The third-order valence-electron chi connectivity index (χ3n) is 3.28. The highest BCUT2D eigenvalue weighted by atomic mass is 16.2. The number of aryl methyl sites for hydroxylation is 1. The molecular weight excluding hydrogens is 228 g/mol. The van der Waals surface area contributed by atoms with Crippen molar-refractivity contribution in [3.63, 3.8) is 0 Å². The van der Waals surface area contributed by atoms with Crippen molar-refractivity contribution in [3.05, 3.63) is 23.8 Å². The number of anilines is 2. The molecule has 18 heavy (non-hydrogen) atoms. The third kappa shape index (κ3) is 2.70. The van der Waals surface area contributed by atoms with Crippen LogP contribution in [-0.4, -0.2) is 11.8 Å². The first kappa shape index (κ1) is 12.6. The first-order chi connectivity index (χ1) is 8.40. The minimum Gasteiger partial charge on any atom is -0.325 e. The average Bonchev–Trinajstić information content (AvgIpc) is 3.01. The molecule has 0 bridgehead atoms. The zero-order valence-electron chi connectivity index (χ0n) is 11.0. The van der Waals surface area contributed by atoms with Crippen LogP contribution in [0.2, 0.25) is 0 Å². The summed E-state index contributed by atoms with van der Waals surface area (Å²) in [6.45, 7) is 5.36. The van der Waals surface area contributed by atoms with Gasteiger partial charge in [0.25, 0.3) is 0 Å². The number of hydrogen-bond acceptors (Lipinski definition) is 2. The van der Waals surface area contributed by atoms with Gasteiger partial charge in [-0.3, -0.25) is 9.59 Å². The topological polar surface area (TPSA) is 58.2 Å². The smallest absolute Gasteiger partial charge is 0.230 e. The molecule has 2 amide bonds. The SMILES string of the molecule is CC(=O)Nc1ccc(C)cc1NC(=O)C1(C)CC1. The van der Waals surface area contributed by atoms with Gasteiger partial charge in [-0.25, -0.2) is 0 Å². The lowest BCUT2D eigenvalue weighted by Crippen LogP contribution is -2.22. The summed E-state index contributed by atoms with van der Waals surface area (Å²) in [5, 5.41) is 5.63. The maximum Gasteiger partial charge on any atom is 0.230 e. The number of nitrogens with one attached hydrogen (secondary N) is 2. The highest BCUT2D eigenvalue weighted by Crippen LogP contribution is 2.46. The van der Waals surface area contributed by atoms with E-state index in [1.54, 1.807) is 0 Å². The van der Waals surface area contributed by atoms with Crippen molar-refractivity contribution < 1.29 is 9.59 Å². The van der Waals surface area contributed by atoms with E-state index in [1.807, 2.05) is 32.0 Å². The number of carbonyl (C=O) groups excluding carboxylic acids is 2. The third-order valence-corrected chi connectivity index (χ3v) is 3.28.